The number of hydrogen-bond acceptors (Lipinski definition) is 8. The zero-order chi connectivity index (χ0) is 25.1. The lowest BCUT2D eigenvalue weighted by molar-refractivity contribution is 0.0523. The third-order valence-electron chi connectivity index (χ3n) is 6.15. The van der Waals surface area contributed by atoms with Crippen LogP contribution < -0.4 is 15.1 Å². The summed E-state index contributed by atoms with van der Waals surface area (Å²) in [6.07, 6.45) is 4.05. The highest BCUT2D eigenvalue weighted by Gasteiger charge is 2.29. The lowest BCUT2D eigenvalue weighted by atomic mass is 10.0. The number of nitrogens with zero attached hydrogens (tertiary/aromatic N) is 5. The maximum absolute atomic E-state index is 12.0. The van der Waals surface area contributed by atoms with Gasteiger partial charge in [0.15, 0.2) is 0 Å². The van der Waals surface area contributed by atoms with Gasteiger partial charge in [-0.1, -0.05) is 24.3 Å². The first-order valence-corrected chi connectivity index (χ1v) is 12.3. The maximum Gasteiger partial charge on any atom is 0.407 e. The van der Waals surface area contributed by atoms with Crippen LogP contribution in [0.1, 0.15) is 31.9 Å². The number of nitrogens with one attached hydrogen (secondary N) is 1. The van der Waals surface area contributed by atoms with Gasteiger partial charge in [0.2, 0.25) is 5.95 Å². The van der Waals surface area contributed by atoms with Gasteiger partial charge in [-0.15, -0.1) is 0 Å². The Labute approximate surface area is 211 Å². The number of benzene rings is 1. The fourth-order valence-electron chi connectivity index (χ4n) is 4.43. The molecule has 1 saturated heterocycles. The number of aromatic nitrogens is 3. The van der Waals surface area contributed by atoms with Gasteiger partial charge in [-0.2, -0.15) is 4.98 Å². The van der Waals surface area contributed by atoms with Crippen LogP contribution in [-0.2, 0) is 22.4 Å². The molecule has 2 aliphatic rings. The Bertz CT molecular complexity index is 1200. The van der Waals surface area contributed by atoms with Crippen molar-refractivity contribution in [1.29, 1.82) is 0 Å². The van der Waals surface area contributed by atoms with E-state index in [0.29, 0.717) is 19.8 Å². The molecule has 9 nitrogen and oxygen atoms in total. The normalized spacial score (nSPS) is 15.5. The molecule has 5 rings (SSSR count). The standard InChI is InChI=1S/C27H32N6O3/c1-27(2,3)36-26(34)29-18-19-4-6-20(7-5-19)23-22-10-13-33(21-8-11-28-12-9-21)24(22)31-25(30-23)32-14-16-35-17-15-32/h4-9,11-12H,10,13-18H2,1-3H3,(H,29,34). The number of alkyl carbamates (subject to hydrolysis) is 1. The molecule has 1 aromatic carbocycles. The third-order valence-corrected chi connectivity index (χ3v) is 6.15. The van der Waals surface area contributed by atoms with Crippen LogP contribution in [0.3, 0.4) is 0 Å². The molecule has 1 N–H and O–H groups in total. The van der Waals surface area contributed by atoms with E-state index in [1.807, 2.05) is 57.4 Å². The van der Waals surface area contributed by atoms with Gasteiger partial charge in [-0.05, 0) is 44.9 Å². The number of fused-ring (bicyclic) bond motifs is 1. The van der Waals surface area contributed by atoms with Gasteiger partial charge in [-0.25, -0.2) is 9.78 Å². The predicted molar refractivity (Wildman–Crippen MR) is 139 cm³/mol. The number of hydrogen-bond donors (Lipinski definition) is 1. The summed E-state index contributed by atoms with van der Waals surface area (Å²) in [5.41, 5.74) is 4.66. The molecule has 0 saturated carbocycles. The van der Waals surface area contributed by atoms with E-state index in [1.54, 1.807) is 0 Å². The number of amides is 1. The summed E-state index contributed by atoms with van der Waals surface area (Å²) in [7, 11) is 0. The zero-order valence-corrected chi connectivity index (χ0v) is 21.0. The third kappa shape index (κ3) is 5.41. The summed E-state index contributed by atoms with van der Waals surface area (Å²) in [4.78, 5) is 30.7. The smallest absolute Gasteiger partial charge is 0.407 e. The Hall–Kier alpha value is -3.72. The number of rotatable bonds is 5. The number of ether oxygens (including phenoxy) is 2. The second kappa shape index (κ2) is 10.1. The van der Waals surface area contributed by atoms with Crippen LogP contribution in [0.5, 0.6) is 0 Å². The minimum absolute atomic E-state index is 0.395. The monoisotopic (exact) mass is 488 g/mol. The first-order chi connectivity index (χ1) is 17.4. The molecule has 2 aromatic heterocycles. The molecule has 0 atom stereocenters. The maximum atomic E-state index is 12.0. The van der Waals surface area contributed by atoms with E-state index in [4.69, 9.17) is 19.4 Å². The minimum Gasteiger partial charge on any atom is -0.444 e. The van der Waals surface area contributed by atoms with E-state index in [9.17, 15) is 4.79 Å². The first kappa shape index (κ1) is 24.0. The molecule has 9 heteroatoms. The van der Waals surface area contributed by atoms with Crippen molar-refractivity contribution in [2.45, 2.75) is 39.3 Å². The Balaban J connectivity index is 1.43. The minimum atomic E-state index is -0.524. The fraction of sp³-hybridized carbons (Fsp3) is 0.407. The number of carbonyl (C=O) groups excluding carboxylic acids is 1. The predicted octanol–water partition coefficient (Wildman–Crippen LogP) is 4.09. The summed E-state index contributed by atoms with van der Waals surface area (Å²) >= 11 is 0. The highest BCUT2D eigenvalue weighted by molar-refractivity contribution is 5.77. The molecule has 0 aliphatic carbocycles. The van der Waals surface area contributed by atoms with Gasteiger partial charge in [0.25, 0.3) is 0 Å². The summed E-state index contributed by atoms with van der Waals surface area (Å²) in [5, 5.41) is 2.82. The molecule has 1 fully saturated rings. The molecule has 2 aliphatic heterocycles. The molecule has 1 amide bonds. The second-order valence-corrected chi connectivity index (χ2v) is 9.93. The van der Waals surface area contributed by atoms with Crippen LogP contribution in [0.2, 0.25) is 0 Å². The van der Waals surface area contributed by atoms with E-state index in [2.05, 4.69) is 32.2 Å². The summed E-state index contributed by atoms with van der Waals surface area (Å²) < 4.78 is 10.9. The summed E-state index contributed by atoms with van der Waals surface area (Å²) in [6.45, 7) is 9.66. The lowest BCUT2D eigenvalue weighted by Gasteiger charge is -2.28. The van der Waals surface area contributed by atoms with Gasteiger partial charge < -0.3 is 24.6 Å². The number of pyridine rings is 1. The molecular formula is C27H32N6O3. The van der Waals surface area contributed by atoms with Gasteiger partial charge in [0, 0.05) is 55.4 Å². The molecule has 0 unspecified atom stereocenters. The topological polar surface area (TPSA) is 92.7 Å². The van der Waals surface area contributed by atoms with Crippen LogP contribution >= 0.6 is 0 Å². The summed E-state index contributed by atoms with van der Waals surface area (Å²) in [5.74, 6) is 1.67. The zero-order valence-electron chi connectivity index (χ0n) is 21.0. The average Bonchev–Trinajstić information content (AvgIpc) is 3.31. The Kier molecular flexibility index (Phi) is 6.73. The van der Waals surface area contributed by atoms with Crippen molar-refractivity contribution in [1.82, 2.24) is 20.3 Å². The molecule has 4 heterocycles. The average molecular weight is 489 g/mol. The fourth-order valence-corrected chi connectivity index (χ4v) is 4.43. The van der Waals surface area contributed by atoms with Crippen LogP contribution in [0.4, 0.5) is 22.2 Å². The van der Waals surface area contributed by atoms with E-state index in [-0.39, 0.29) is 0 Å². The van der Waals surface area contributed by atoms with E-state index in [1.165, 1.54) is 0 Å². The van der Waals surface area contributed by atoms with Crippen LogP contribution in [-0.4, -0.2) is 59.5 Å². The Morgan fingerprint density at radius 1 is 1.03 bits per heavy atom. The lowest BCUT2D eigenvalue weighted by Crippen LogP contribution is -2.37. The quantitative estimate of drug-likeness (QED) is 0.574. The molecule has 0 radical (unpaired) electrons. The van der Waals surface area contributed by atoms with Crippen molar-refractivity contribution in [3.63, 3.8) is 0 Å². The van der Waals surface area contributed by atoms with Crippen molar-refractivity contribution < 1.29 is 14.3 Å². The van der Waals surface area contributed by atoms with E-state index < -0.39 is 11.7 Å². The Morgan fingerprint density at radius 3 is 2.44 bits per heavy atom. The van der Waals surface area contributed by atoms with Crippen molar-refractivity contribution in [3.8, 4) is 11.3 Å². The SMILES string of the molecule is CC(C)(C)OC(=O)NCc1ccc(-c2nc(N3CCOCC3)nc3c2CCN3c2ccncc2)cc1. The highest BCUT2D eigenvalue weighted by atomic mass is 16.6. The van der Waals surface area contributed by atoms with Crippen molar-refractivity contribution in [3.05, 3.63) is 59.9 Å². The van der Waals surface area contributed by atoms with Crippen molar-refractivity contribution >= 4 is 23.5 Å². The molecule has 3 aromatic rings. The van der Waals surface area contributed by atoms with Crippen LogP contribution in [0.25, 0.3) is 11.3 Å². The van der Waals surface area contributed by atoms with E-state index in [0.717, 1.165) is 65.9 Å². The van der Waals surface area contributed by atoms with Crippen LogP contribution in [0.15, 0.2) is 48.8 Å². The van der Waals surface area contributed by atoms with Crippen molar-refractivity contribution in [2.24, 2.45) is 0 Å². The molecule has 36 heavy (non-hydrogen) atoms. The van der Waals surface area contributed by atoms with E-state index >= 15 is 0 Å². The van der Waals surface area contributed by atoms with Crippen LogP contribution in [0, 0.1) is 0 Å². The molecule has 188 valence electrons. The summed E-state index contributed by atoms with van der Waals surface area (Å²) in [6, 6.07) is 12.2. The Morgan fingerprint density at radius 2 is 1.75 bits per heavy atom. The van der Waals surface area contributed by atoms with Gasteiger partial charge in [-0.3, -0.25) is 4.98 Å². The van der Waals surface area contributed by atoms with Gasteiger partial charge in [0.1, 0.15) is 11.4 Å². The number of anilines is 3. The van der Waals surface area contributed by atoms with Gasteiger partial charge in [0.05, 0.1) is 18.9 Å². The first-order valence-electron chi connectivity index (χ1n) is 12.3. The highest BCUT2D eigenvalue weighted by Crippen LogP contribution is 2.39. The second-order valence-electron chi connectivity index (χ2n) is 9.93. The molecule has 0 bridgehead atoms. The van der Waals surface area contributed by atoms with Crippen molar-refractivity contribution in [2.75, 3.05) is 42.6 Å². The molecule has 0 spiro atoms. The number of morpholine rings is 1. The number of carbonyl (C=O) groups is 1. The van der Waals surface area contributed by atoms with Gasteiger partial charge >= 0.3 is 6.09 Å². The largest absolute Gasteiger partial charge is 0.444 e. The molecular weight excluding hydrogens is 456 g/mol.